The second kappa shape index (κ2) is 4.85. The molecule has 2 rings (SSSR count). The largest absolute Gasteiger partial charge is 0.489 e. The van der Waals surface area contributed by atoms with Crippen molar-refractivity contribution in [3.8, 4) is 5.75 Å². The minimum atomic E-state index is 0.212. The van der Waals surface area contributed by atoms with Crippen molar-refractivity contribution in [1.29, 1.82) is 0 Å². The van der Waals surface area contributed by atoms with Crippen LogP contribution < -0.4 is 4.74 Å². The third-order valence-electron chi connectivity index (χ3n) is 2.28. The summed E-state index contributed by atoms with van der Waals surface area (Å²) in [5.41, 5.74) is 1.18. The Labute approximate surface area is 99.8 Å². The number of benzene rings is 1. The zero-order valence-electron chi connectivity index (χ0n) is 9.82. The highest BCUT2D eigenvalue weighted by Crippen LogP contribution is 2.33. The molecule has 0 fully saturated rings. The highest BCUT2D eigenvalue weighted by molar-refractivity contribution is 7.17. The highest BCUT2D eigenvalue weighted by Gasteiger charge is 2.07. The van der Waals surface area contributed by atoms with Crippen molar-refractivity contribution in [3.05, 3.63) is 29.1 Å². The molecule has 0 radical (unpaired) electrons. The van der Waals surface area contributed by atoms with E-state index in [2.05, 4.69) is 23.6 Å². The van der Waals surface area contributed by atoms with Gasteiger partial charge in [-0.15, -0.1) is 11.3 Å². The summed E-state index contributed by atoms with van der Waals surface area (Å²) < 4.78 is 12.2. The van der Waals surface area contributed by atoms with Crippen LogP contribution >= 0.6 is 11.3 Å². The smallest absolute Gasteiger partial charge is 0.138 e. The van der Waals surface area contributed by atoms with Crippen LogP contribution in [0.5, 0.6) is 5.75 Å². The fourth-order valence-electron chi connectivity index (χ4n) is 1.65. The molecule has 1 aromatic heterocycles. The normalized spacial score (nSPS) is 11.2. The van der Waals surface area contributed by atoms with Gasteiger partial charge in [-0.3, -0.25) is 0 Å². The Morgan fingerprint density at radius 1 is 1.31 bits per heavy atom. The first-order valence-electron chi connectivity index (χ1n) is 5.36. The molecule has 86 valence electrons. The quantitative estimate of drug-likeness (QED) is 0.803. The summed E-state index contributed by atoms with van der Waals surface area (Å²) in [6.45, 7) is 4.73. The Bertz CT molecular complexity index is 474. The van der Waals surface area contributed by atoms with Crippen molar-refractivity contribution >= 4 is 21.4 Å². The van der Waals surface area contributed by atoms with E-state index in [9.17, 15) is 0 Å². The fourth-order valence-corrected chi connectivity index (χ4v) is 2.50. The van der Waals surface area contributed by atoms with Crippen LogP contribution in [-0.4, -0.2) is 13.2 Å². The molecule has 16 heavy (non-hydrogen) atoms. The van der Waals surface area contributed by atoms with Gasteiger partial charge in [-0.05, 0) is 31.5 Å². The maximum absolute atomic E-state index is 5.77. The SMILES string of the molecule is COCc1ccc2scc(OC(C)C)c2c1. The van der Waals surface area contributed by atoms with Gasteiger partial charge in [-0.2, -0.15) is 0 Å². The van der Waals surface area contributed by atoms with Crippen LogP contribution in [0, 0.1) is 0 Å². The van der Waals surface area contributed by atoms with E-state index in [1.54, 1.807) is 18.4 Å². The molecule has 0 saturated heterocycles. The molecule has 1 aromatic carbocycles. The van der Waals surface area contributed by atoms with Gasteiger partial charge in [0.15, 0.2) is 0 Å². The number of ether oxygens (including phenoxy) is 2. The molecule has 0 spiro atoms. The first-order valence-corrected chi connectivity index (χ1v) is 6.24. The van der Waals surface area contributed by atoms with Crippen molar-refractivity contribution in [2.45, 2.75) is 26.6 Å². The first-order chi connectivity index (χ1) is 7.70. The van der Waals surface area contributed by atoms with Crippen LogP contribution in [0.4, 0.5) is 0 Å². The summed E-state index contributed by atoms with van der Waals surface area (Å²) in [4.78, 5) is 0. The van der Waals surface area contributed by atoms with Gasteiger partial charge in [0.1, 0.15) is 5.75 Å². The Kier molecular flexibility index (Phi) is 3.46. The van der Waals surface area contributed by atoms with Gasteiger partial charge in [-0.25, -0.2) is 0 Å². The first kappa shape index (κ1) is 11.4. The number of hydrogen-bond acceptors (Lipinski definition) is 3. The molecule has 1 heterocycles. The Morgan fingerprint density at radius 2 is 2.12 bits per heavy atom. The monoisotopic (exact) mass is 236 g/mol. The summed E-state index contributed by atoms with van der Waals surface area (Å²) in [7, 11) is 1.71. The summed E-state index contributed by atoms with van der Waals surface area (Å²) in [5.74, 6) is 0.980. The standard InChI is InChI=1S/C13H16O2S/c1-9(2)15-12-8-16-13-5-4-10(7-14-3)6-11(12)13/h4-6,8-9H,7H2,1-3H3. The fraction of sp³-hybridized carbons (Fsp3) is 0.385. The van der Waals surface area contributed by atoms with Gasteiger partial charge >= 0.3 is 0 Å². The number of thiophene rings is 1. The Hall–Kier alpha value is -1.06. The maximum atomic E-state index is 5.77. The molecule has 3 heteroatoms. The van der Waals surface area contributed by atoms with Crippen molar-refractivity contribution in [3.63, 3.8) is 0 Å². The third kappa shape index (κ3) is 2.36. The summed E-state index contributed by atoms with van der Waals surface area (Å²) in [6, 6.07) is 6.37. The summed E-state index contributed by atoms with van der Waals surface area (Å²) in [6.07, 6.45) is 0.212. The molecule has 0 bridgehead atoms. The molecule has 2 nitrogen and oxygen atoms in total. The van der Waals surface area contributed by atoms with E-state index in [0.717, 1.165) is 5.75 Å². The third-order valence-corrected chi connectivity index (χ3v) is 3.22. The predicted octanol–water partition coefficient (Wildman–Crippen LogP) is 3.83. The molecule has 2 aromatic rings. The molecule has 0 amide bonds. The van der Waals surface area contributed by atoms with Gasteiger partial charge in [0, 0.05) is 22.6 Å². The van der Waals surface area contributed by atoms with Crippen LogP contribution in [0.1, 0.15) is 19.4 Å². The average molecular weight is 236 g/mol. The van der Waals surface area contributed by atoms with E-state index in [-0.39, 0.29) is 6.10 Å². The van der Waals surface area contributed by atoms with Crippen LogP contribution in [0.3, 0.4) is 0 Å². The molecule has 0 aliphatic carbocycles. The molecule has 0 aliphatic heterocycles. The zero-order valence-corrected chi connectivity index (χ0v) is 10.6. The highest BCUT2D eigenvalue weighted by atomic mass is 32.1. The second-order valence-electron chi connectivity index (χ2n) is 4.03. The van der Waals surface area contributed by atoms with Crippen LogP contribution in [0.15, 0.2) is 23.6 Å². The number of methoxy groups -OCH3 is 1. The Balaban J connectivity index is 2.39. The van der Waals surface area contributed by atoms with E-state index in [1.807, 2.05) is 13.8 Å². The van der Waals surface area contributed by atoms with Crippen molar-refractivity contribution < 1.29 is 9.47 Å². The van der Waals surface area contributed by atoms with Gasteiger partial charge in [0.05, 0.1) is 12.7 Å². The molecule has 0 N–H and O–H groups in total. The molecule has 0 atom stereocenters. The van der Waals surface area contributed by atoms with Gasteiger partial charge in [-0.1, -0.05) is 6.07 Å². The summed E-state index contributed by atoms with van der Waals surface area (Å²) in [5, 5.41) is 3.26. The lowest BCUT2D eigenvalue weighted by atomic mass is 10.2. The topological polar surface area (TPSA) is 18.5 Å². The maximum Gasteiger partial charge on any atom is 0.138 e. The van der Waals surface area contributed by atoms with Crippen molar-refractivity contribution in [1.82, 2.24) is 0 Å². The zero-order chi connectivity index (χ0) is 11.5. The van der Waals surface area contributed by atoms with Gasteiger partial charge in [0.2, 0.25) is 0 Å². The minimum Gasteiger partial charge on any atom is -0.489 e. The molecule has 0 unspecified atom stereocenters. The van der Waals surface area contributed by atoms with Gasteiger partial charge < -0.3 is 9.47 Å². The lowest BCUT2D eigenvalue weighted by Crippen LogP contribution is -2.04. The Morgan fingerprint density at radius 3 is 2.81 bits per heavy atom. The average Bonchev–Trinajstić information content (AvgIpc) is 2.61. The molecular formula is C13H16O2S. The number of rotatable bonds is 4. The number of hydrogen-bond donors (Lipinski definition) is 0. The molecule has 0 aliphatic rings. The van der Waals surface area contributed by atoms with E-state index in [1.165, 1.54) is 15.6 Å². The van der Waals surface area contributed by atoms with Crippen LogP contribution in [-0.2, 0) is 11.3 Å². The molecule has 0 saturated carbocycles. The van der Waals surface area contributed by atoms with E-state index < -0.39 is 0 Å². The summed E-state index contributed by atoms with van der Waals surface area (Å²) >= 11 is 1.72. The van der Waals surface area contributed by atoms with Crippen molar-refractivity contribution in [2.75, 3.05) is 7.11 Å². The lowest BCUT2D eigenvalue weighted by Gasteiger charge is -2.08. The van der Waals surface area contributed by atoms with Crippen LogP contribution in [0.25, 0.3) is 10.1 Å². The van der Waals surface area contributed by atoms with Crippen molar-refractivity contribution in [2.24, 2.45) is 0 Å². The number of fused-ring (bicyclic) bond motifs is 1. The van der Waals surface area contributed by atoms with E-state index in [0.29, 0.717) is 6.61 Å². The molecular weight excluding hydrogens is 220 g/mol. The van der Waals surface area contributed by atoms with E-state index in [4.69, 9.17) is 9.47 Å². The van der Waals surface area contributed by atoms with Gasteiger partial charge in [0.25, 0.3) is 0 Å². The van der Waals surface area contributed by atoms with E-state index >= 15 is 0 Å². The second-order valence-corrected chi connectivity index (χ2v) is 4.94. The van der Waals surface area contributed by atoms with Crippen LogP contribution in [0.2, 0.25) is 0 Å². The minimum absolute atomic E-state index is 0.212. The lowest BCUT2D eigenvalue weighted by molar-refractivity contribution is 0.185. The predicted molar refractivity (Wildman–Crippen MR) is 68.3 cm³/mol.